The van der Waals surface area contributed by atoms with Gasteiger partial charge in [-0.1, -0.05) is 44.2 Å². The molecule has 2 amide bonds. The highest BCUT2D eigenvalue weighted by molar-refractivity contribution is 5.87. The number of carbonyl (C=O) groups excluding carboxylic acids is 2. The van der Waals surface area contributed by atoms with Crippen LogP contribution in [0.3, 0.4) is 0 Å². The summed E-state index contributed by atoms with van der Waals surface area (Å²) < 4.78 is 5.56. The molecular formula is C17H27N3O3. The van der Waals surface area contributed by atoms with Crippen LogP contribution in [0, 0.1) is 5.92 Å². The summed E-state index contributed by atoms with van der Waals surface area (Å²) in [6.07, 6.45) is 0. The number of rotatable bonds is 9. The Kier molecular flexibility index (Phi) is 8.29. The highest BCUT2D eigenvalue weighted by atomic mass is 16.5. The van der Waals surface area contributed by atoms with Gasteiger partial charge in [-0.3, -0.25) is 9.59 Å². The van der Waals surface area contributed by atoms with Crippen LogP contribution in [-0.4, -0.2) is 37.0 Å². The maximum Gasteiger partial charge on any atom is 0.239 e. The Morgan fingerprint density at radius 3 is 2.43 bits per heavy atom. The smallest absolute Gasteiger partial charge is 0.239 e. The van der Waals surface area contributed by atoms with Crippen LogP contribution >= 0.6 is 0 Å². The molecule has 4 N–H and O–H groups in total. The zero-order chi connectivity index (χ0) is 17.2. The number of carbonyl (C=O) groups is 2. The van der Waals surface area contributed by atoms with Gasteiger partial charge in [0.25, 0.3) is 0 Å². The third-order valence-electron chi connectivity index (χ3n) is 3.33. The molecule has 6 nitrogen and oxygen atoms in total. The molecule has 0 saturated heterocycles. The van der Waals surface area contributed by atoms with E-state index in [4.69, 9.17) is 10.5 Å². The fourth-order valence-corrected chi connectivity index (χ4v) is 1.88. The predicted molar refractivity (Wildman–Crippen MR) is 89.5 cm³/mol. The van der Waals surface area contributed by atoms with Crippen LogP contribution in [-0.2, 0) is 20.9 Å². The van der Waals surface area contributed by atoms with Gasteiger partial charge < -0.3 is 21.1 Å². The summed E-state index contributed by atoms with van der Waals surface area (Å²) in [6, 6.07) is 9.08. The molecule has 1 unspecified atom stereocenters. The molecule has 1 aromatic rings. The molecule has 0 heterocycles. The minimum absolute atomic E-state index is 0.0309. The van der Waals surface area contributed by atoms with E-state index in [2.05, 4.69) is 10.6 Å². The van der Waals surface area contributed by atoms with Gasteiger partial charge in [0.15, 0.2) is 0 Å². The molecule has 1 aromatic carbocycles. The summed E-state index contributed by atoms with van der Waals surface area (Å²) in [7, 11) is 0. The number of hydrogen-bond acceptors (Lipinski definition) is 4. The van der Waals surface area contributed by atoms with E-state index in [9.17, 15) is 9.59 Å². The minimum atomic E-state index is -0.602. The molecule has 0 aromatic heterocycles. The van der Waals surface area contributed by atoms with Gasteiger partial charge in [0, 0.05) is 6.04 Å². The van der Waals surface area contributed by atoms with Gasteiger partial charge in [0.2, 0.25) is 11.8 Å². The van der Waals surface area contributed by atoms with Crippen LogP contribution in [0.2, 0.25) is 0 Å². The van der Waals surface area contributed by atoms with E-state index < -0.39 is 6.04 Å². The van der Waals surface area contributed by atoms with E-state index in [1.54, 1.807) is 0 Å². The van der Waals surface area contributed by atoms with Crippen molar-refractivity contribution in [3.8, 4) is 0 Å². The molecule has 0 aliphatic rings. The lowest BCUT2D eigenvalue weighted by atomic mass is 10.1. The van der Waals surface area contributed by atoms with E-state index in [-0.39, 0.29) is 30.3 Å². The fourth-order valence-electron chi connectivity index (χ4n) is 1.88. The Morgan fingerprint density at radius 2 is 1.83 bits per heavy atom. The zero-order valence-electron chi connectivity index (χ0n) is 14.0. The van der Waals surface area contributed by atoms with Crippen molar-refractivity contribution in [2.45, 2.75) is 39.5 Å². The summed E-state index contributed by atoms with van der Waals surface area (Å²) in [6.45, 7) is 6.39. The number of ether oxygens (including phenoxy) is 1. The zero-order valence-corrected chi connectivity index (χ0v) is 14.0. The molecule has 0 spiro atoms. The lowest BCUT2D eigenvalue weighted by molar-refractivity contribution is -0.127. The second-order valence-electron chi connectivity index (χ2n) is 5.96. The van der Waals surface area contributed by atoms with Crippen LogP contribution in [0.5, 0.6) is 0 Å². The van der Waals surface area contributed by atoms with Crippen molar-refractivity contribution in [3.63, 3.8) is 0 Å². The van der Waals surface area contributed by atoms with Gasteiger partial charge in [-0.25, -0.2) is 0 Å². The number of amides is 2. The molecule has 128 valence electrons. The Labute approximate surface area is 137 Å². The predicted octanol–water partition coefficient (Wildman–Crippen LogP) is 0.807. The van der Waals surface area contributed by atoms with Crippen LogP contribution in [0.25, 0.3) is 0 Å². The molecule has 23 heavy (non-hydrogen) atoms. The maximum atomic E-state index is 11.8. The van der Waals surface area contributed by atoms with Gasteiger partial charge in [-0.2, -0.15) is 0 Å². The van der Waals surface area contributed by atoms with Crippen LogP contribution in [0.15, 0.2) is 30.3 Å². The standard InChI is InChI=1S/C17H27N3O3/c1-12(2)16(18)17(22)19-9-15(21)20-13(3)10-23-11-14-7-5-4-6-8-14/h4-8,12-13,16H,9-11,18H2,1-3H3,(H,19,22)(H,20,21)/t13?,16-/m0/s1. The average Bonchev–Trinajstić information content (AvgIpc) is 2.52. The summed E-state index contributed by atoms with van der Waals surface area (Å²) in [4.78, 5) is 23.4. The number of hydrogen-bond donors (Lipinski definition) is 3. The van der Waals surface area contributed by atoms with E-state index in [1.165, 1.54) is 0 Å². The van der Waals surface area contributed by atoms with Crippen molar-refractivity contribution >= 4 is 11.8 Å². The Balaban J connectivity index is 2.19. The molecule has 0 fully saturated rings. The van der Waals surface area contributed by atoms with Gasteiger partial charge in [0.05, 0.1) is 25.8 Å². The first-order chi connectivity index (χ1) is 10.9. The highest BCUT2D eigenvalue weighted by Crippen LogP contribution is 2.01. The number of nitrogens with two attached hydrogens (primary N) is 1. The van der Waals surface area contributed by atoms with Crippen LogP contribution < -0.4 is 16.4 Å². The Morgan fingerprint density at radius 1 is 1.17 bits per heavy atom. The summed E-state index contributed by atoms with van der Waals surface area (Å²) >= 11 is 0. The highest BCUT2D eigenvalue weighted by Gasteiger charge is 2.17. The molecule has 0 aliphatic carbocycles. The molecule has 0 radical (unpaired) electrons. The molecule has 6 heteroatoms. The average molecular weight is 321 g/mol. The van der Waals surface area contributed by atoms with Crippen molar-refractivity contribution in [1.82, 2.24) is 10.6 Å². The van der Waals surface area contributed by atoms with Crippen molar-refractivity contribution in [1.29, 1.82) is 0 Å². The first-order valence-corrected chi connectivity index (χ1v) is 7.84. The van der Waals surface area contributed by atoms with Crippen molar-refractivity contribution in [2.24, 2.45) is 11.7 Å². The molecule has 2 atom stereocenters. The molecule has 0 saturated carbocycles. The largest absolute Gasteiger partial charge is 0.375 e. The fraction of sp³-hybridized carbons (Fsp3) is 0.529. The number of benzene rings is 1. The third-order valence-corrected chi connectivity index (χ3v) is 3.33. The quantitative estimate of drug-likeness (QED) is 0.627. The SMILES string of the molecule is CC(COCc1ccccc1)NC(=O)CNC(=O)[C@@H](N)C(C)C. The van der Waals surface area contributed by atoms with Gasteiger partial charge in [-0.15, -0.1) is 0 Å². The first kappa shape index (κ1) is 19.1. The molecular weight excluding hydrogens is 294 g/mol. The Hall–Kier alpha value is -1.92. The minimum Gasteiger partial charge on any atom is -0.375 e. The summed E-state index contributed by atoms with van der Waals surface area (Å²) in [5, 5.41) is 5.30. The first-order valence-electron chi connectivity index (χ1n) is 7.84. The van der Waals surface area contributed by atoms with E-state index in [0.29, 0.717) is 13.2 Å². The Bertz CT molecular complexity index is 491. The van der Waals surface area contributed by atoms with E-state index >= 15 is 0 Å². The lowest BCUT2D eigenvalue weighted by Gasteiger charge is -2.17. The second kappa shape index (κ2) is 9.97. The summed E-state index contributed by atoms with van der Waals surface area (Å²) in [5.41, 5.74) is 6.79. The van der Waals surface area contributed by atoms with Crippen LogP contribution in [0.1, 0.15) is 26.3 Å². The van der Waals surface area contributed by atoms with Gasteiger partial charge in [0.1, 0.15) is 0 Å². The van der Waals surface area contributed by atoms with Crippen molar-refractivity contribution in [3.05, 3.63) is 35.9 Å². The third kappa shape index (κ3) is 7.76. The topological polar surface area (TPSA) is 93.5 Å². The van der Waals surface area contributed by atoms with Gasteiger partial charge >= 0.3 is 0 Å². The summed E-state index contributed by atoms with van der Waals surface area (Å²) in [5.74, 6) is -0.545. The second-order valence-corrected chi connectivity index (χ2v) is 5.96. The molecule has 0 aliphatic heterocycles. The van der Waals surface area contributed by atoms with Gasteiger partial charge in [-0.05, 0) is 18.4 Å². The van der Waals surface area contributed by atoms with Crippen LogP contribution in [0.4, 0.5) is 0 Å². The number of nitrogens with one attached hydrogen (secondary N) is 2. The van der Waals surface area contributed by atoms with E-state index in [0.717, 1.165) is 5.56 Å². The normalized spacial score (nSPS) is 13.4. The maximum absolute atomic E-state index is 11.8. The van der Waals surface area contributed by atoms with Crippen molar-refractivity contribution < 1.29 is 14.3 Å². The van der Waals surface area contributed by atoms with E-state index in [1.807, 2.05) is 51.1 Å². The molecule has 0 bridgehead atoms. The van der Waals surface area contributed by atoms with Crippen molar-refractivity contribution in [2.75, 3.05) is 13.2 Å². The lowest BCUT2D eigenvalue weighted by Crippen LogP contribution is -2.48. The molecule has 1 rings (SSSR count). The monoisotopic (exact) mass is 321 g/mol.